The summed E-state index contributed by atoms with van der Waals surface area (Å²) in [6, 6.07) is 21.9. The molecule has 0 heterocycles. The zero-order valence-electron chi connectivity index (χ0n) is 13.6. The van der Waals surface area contributed by atoms with Gasteiger partial charge in [0.2, 0.25) is 0 Å². The average molecular weight is 433 g/mol. The van der Waals surface area contributed by atoms with Gasteiger partial charge in [-0.25, -0.2) is 4.79 Å². The first-order chi connectivity index (χ1) is 12.6. The highest BCUT2D eigenvalue weighted by atomic mass is 79.9. The summed E-state index contributed by atoms with van der Waals surface area (Å²) in [5.74, 6) is 1.14. The minimum absolute atomic E-state index is 0.198. The molecule has 0 bridgehead atoms. The van der Waals surface area contributed by atoms with Crippen molar-refractivity contribution >= 4 is 39.3 Å². The molecular weight excluding hydrogens is 418 g/mol. The van der Waals surface area contributed by atoms with E-state index in [4.69, 9.17) is 21.1 Å². The molecule has 6 heteroatoms. The maximum atomic E-state index is 11.9. The molecule has 1 N–H and O–H groups in total. The molecule has 132 valence electrons. The molecular formula is C20H15BrClNO3. The number of hydrogen-bond donors (Lipinski definition) is 1. The van der Waals surface area contributed by atoms with Gasteiger partial charge in [0.15, 0.2) is 0 Å². The van der Waals surface area contributed by atoms with E-state index in [2.05, 4.69) is 21.2 Å². The van der Waals surface area contributed by atoms with Crippen molar-refractivity contribution in [3.8, 4) is 11.5 Å². The van der Waals surface area contributed by atoms with Crippen LogP contribution >= 0.6 is 27.5 Å². The summed E-state index contributed by atoms with van der Waals surface area (Å²) in [6.45, 7) is 0.198. The van der Waals surface area contributed by atoms with Crippen LogP contribution in [0.5, 0.6) is 11.5 Å². The van der Waals surface area contributed by atoms with E-state index in [1.54, 1.807) is 18.2 Å². The van der Waals surface area contributed by atoms with Gasteiger partial charge < -0.3 is 9.47 Å². The van der Waals surface area contributed by atoms with Gasteiger partial charge in [-0.15, -0.1) is 0 Å². The number of ether oxygens (including phenoxy) is 2. The van der Waals surface area contributed by atoms with Crippen LogP contribution < -0.4 is 10.1 Å². The van der Waals surface area contributed by atoms with E-state index in [1.165, 1.54) is 0 Å². The van der Waals surface area contributed by atoms with E-state index in [9.17, 15) is 4.79 Å². The Morgan fingerprint density at radius 3 is 2.42 bits per heavy atom. The van der Waals surface area contributed by atoms with Gasteiger partial charge in [0.1, 0.15) is 18.1 Å². The molecule has 0 unspecified atom stereocenters. The molecule has 26 heavy (non-hydrogen) atoms. The van der Waals surface area contributed by atoms with Crippen molar-refractivity contribution in [1.29, 1.82) is 0 Å². The second kappa shape index (κ2) is 8.74. The van der Waals surface area contributed by atoms with Crippen LogP contribution in [0.25, 0.3) is 0 Å². The SMILES string of the molecule is O=C(Nc1ccc(Oc2ccccc2Br)c(Cl)c1)OCc1ccccc1. The second-order valence-electron chi connectivity index (χ2n) is 5.36. The van der Waals surface area contributed by atoms with Crippen LogP contribution in [0.1, 0.15) is 5.56 Å². The number of rotatable bonds is 5. The molecule has 0 aliphatic heterocycles. The van der Waals surface area contributed by atoms with Crippen molar-refractivity contribution in [2.24, 2.45) is 0 Å². The molecule has 3 rings (SSSR count). The number of anilines is 1. The molecule has 0 aromatic heterocycles. The first-order valence-corrected chi connectivity index (χ1v) is 8.98. The highest BCUT2D eigenvalue weighted by Crippen LogP contribution is 2.34. The topological polar surface area (TPSA) is 47.6 Å². The molecule has 0 atom stereocenters. The van der Waals surface area contributed by atoms with E-state index < -0.39 is 6.09 Å². The van der Waals surface area contributed by atoms with Crippen LogP contribution in [0, 0.1) is 0 Å². The number of benzene rings is 3. The lowest BCUT2D eigenvalue weighted by Gasteiger charge is -2.11. The lowest BCUT2D eigenvalue weighted by molar-refractivity contribution is 0.155. The molecule has 0 saturated heterocycles. The summed E-state index contributed by atoms with van der Waals surface area (Å²) in [4.78, 5) is 11.9. The Hall–Kier alpha value is -2.50. The van der Waals surface area contributed by atoms with Crippen LogP contribution in [-0.2, 0) is 11.3 Å². The summed E-state index contributed by atoms with van der Waals surface area (Å²) < 4.78 is 11.8. The minimum Gasteiger partial charge on any atom is -0.455 e. The van der Waals surface area contributed by atoms with Crippen molar-refractivity contribution in [3.05, 3.63) is 87.9 Å². The van der Waals surface area contributed by atoms with Gasteiger partial charge in [0, 0.05) is 5.69 Å². The minimum atomic E-state index is -0.551. The Labute approximate surface area is 164 Å². The molecule has 1 amide bonds. The third-order valence-corrected chi connectivity index (χ3v) is 4.40. The van der Waals surface area contributed by atoms with Gasteiger partial charge in [0.25, 0.3) is 0 Å². The van der Waals surface area contributed by atoms with Crippen LogP contribution in [0.15, 0.2) is 77.3 Å². The van der Waals surface area contributed by atoms with E-state index >= 15 is 0 Å². The van der Waals surface area contributed by atoms with Crippen LogP contribution in [0.3, 0.4) is 0 Å². The van der Waals surface area contributed by atoms with Gasteiger partial charge in [-0.3, -0.25) is 5.32 Å². The smallest absolute Gasteiger partial charge is 0.411 e. The van der Waals surface area contributed by atoms with Crippen molar-refractivity contribution in [3.63, 3.8) is 0 Å². The fourth-order valence-electron chi connectivity index (χ4n) is 2.18. The Bertz CT molecular complexity index is 903. The van der Waals surface area contributed by atoms with Gasteiger partial charge in [-0.05, 0) is 51.8 Å². The number of nitrogens with one attached hydrogen (secondary N) is 1. The number of carbonyl (C=O) groups excluding carboxylic acids is 1. The quantitative estimate of drug-likeness (QED) is 0.491. The Balaban J connectivity index is 1.60. The fourth-order valence-corrected chi connectivity index (χ4v) is 2.77. The van der Waals surface area contributed by atoms with Crippen molar-refractivity contribution in [2.75, 3.05) is 5.32 Å². The predicted molar refractivity (Wildman–Crippen MR) is 106 cm³/mol. The molecule has 3 aromatic carbocycles. The Morgan fingerprint density at radius 2 is 1.69 bits per heavy atom. The van der Waals surface area contributed by atoms with Crippen molar-refractivity contribution in [1.82, 2.24) is 0 Å². The normalized spacial score (nSPS) is 10.2. The van der Waals surface area contributed by atoms with Gasteiger partial charge in [-0.2, -0.15) is 0 Å². The number of halogens is 2. The second-order valence-corrected chi connectivity index (χ2v) is 6.63. The van der Waals surface area contributed by atoms with E-state index in [-0.39, 0.29) is 6.61 Å². The van der Waals surface area contributed by atoms with Gasteiger partial charge >= 0.3 is 6.09 Å². The molecule has 0 spiro atoms. The third-order valence-electron chi connectivity index (χ3n) is 3.45. The molecule has 0 fully saturated rings. The molecule has 3 aromatic rings. The maximum absolute atomic E-state index is 11.9. The largest absolute Gasteiger partial charge is 0.455 e. The first kappa shape index (κ1) is 18.3. The molecule has 4 nitrogen and oxygen atoms in total. The van der Waals surface area contributed by atoms with E-state index in [0.29, 0.717) is 22.2 Å². The monoisotopic (exact) mass is 431 g/mol. The summed E-state index contributed by atoms with van der Waals surface area (Å²) in [5.41, 5.74) is 1.44. The summed E-state index contributed by atoms with van der Waals surface area (Å²) >= 11 is 9.68. The zero-order chi connectivity index (χ0) is 18.4. The predicted octanol–water partition coefficient (Wildman–Crippen LogP) is 6.64. The van der Waals surface area contributed by atoms with Crippen LogP contribution in [-0.4, -0.2) is 6.09 Å². The molecule has 0 aliphatic carbocycles. The Kier molecular flexibility index (Phi) is 6.15. The van der Waals surface area contributed by atoms with Crippen LogP contribution in [0.4, 0.5) is 10.5 Å². The highest BCUT2D eigenvalue weighted by molar-refractivity contribution is 9.10. The van der Waals surface area contributed by atoms with Crippen LogP contribution in [0.2, 0.25) is 5.02 Å². The lowest BCUT2D eigenvalue weighted by atomic mass is 10.2. The maximum Gasteiger partial charge on any atom is 0.411 e. The Morgan fingerprint density at radius 1 is 0.962 bits per heavy atom. The van der Waals surface area contributed by atoms with E-state index in [1.807, 2.05) is 54.6 Å². The summed E-state index contributed by atoms with van der Waals surface area (Å²) in [6.07, 6.45) is -0.551. The molecule has 0 aliphatic rings. The first-order valence-electron chi connectivity index (χ1n) is 7.81. The van der Waals surface area contributed by atoms with E-state index in [0.717, 1.165) is 10.0 Å². The summed E-state index contributed by atoms with van der Waals surface area (Å²) in [7, 11) is 0. The third kappa shape index (κ3) is 5.00. The lowest BCUT2D eigenvalue weighted by Crippen LogP contribution is -2.13. The number of para-hydroxylation sites is 1. The summed E-state index contributed by atoms with van der Waals surface area (Å²) in [5, 5.41) is 3.02. The average Bonchev–Trinajstić information content (AvgIpc) is 2.65. The fraction of sp³-hybridized carbons (Fsp3) is 0.0500. The molecule has 0 saturated carbocycles. The molecule has 0 radical (unpaired) electrons. The zero-order valence-corrected chi connectivity index (χ0v) is 16.0. The number of carbonyl (C=O) groups is 1. The number of hydrogen-bond acceptors (Lipinski definition) is 3. The van der Waals surface area contributed by atoms with Crippen molar-refractivity contribution in [2.45, 2.75) is 6.61 Å². The van der Waals surface area contributed by atoms with Gasteiger partial charge in [0.05, 0.1) is 9.50 Å². The number of amides is 1. The van der Waals surface area contributed by atoms with Gasteiger partial charge in [-0.1, -0.05) is 54.1 Å². The van der Waals surface area contributed by atoms with Crippen molar-refractivity contribution < 1.29 is 14.3 Å². The standard InChI is InChI=1S/C20H15BrClNO3/c21-16-8-4-5-9-18(16)26-19-11-10-15(12-17(19)22)23-20(24)25-13-14-6-2-1-3-7-14/h1-12H,13H2,(H,23,24). The highest BCUT2D eigenvalue weighted by Gasteiger charge is 2.09.